The lowest BCUT2D eigenvalue weighted by Crippen LogP contribution is -2.23. The Morgan fingerprint density at radius 2 is 2.28 bits per heavy atom. The average Bonchev–Trinajstić information content (AvgIpc) is 2.97. The molecule has 0 radical (unpaired) electrons. The van der Waals surface area contributed by atoms with E-state index in [0.717, 1.165) is 19.4 Å². The number of ether oxygens (including phenoxy) is 1. The Kier molecular flexibility index (Phi) is 3.52. The van der Waals surface area contributed by atoms with E-state index in [1.54, 1.807) is 10.8 Å². The van der Waals surface area contributed by atoms with Gasteiger partial charge in [0.05, 0.1) is 12.1 Å². The van der Waals surface area contributed by atoms with Gasteiger partial charge >= 0.3 is 5.97 Å². The zero-order valence-corrected chi connectivity index (χ0v) is 10.5. The van der Waals surface area contributed by atoms with Gasteiger partial charge in [-0.3, -0.25) is 4.79 Å². The third-order valence-electron chi connectivity index (χ3n) is 3.42. The smallest absolute Gasteiger partial charge is 0.352 e. The highest BCUT2D eigenvalue weighted by atomic mass is 16.5. The van der Waals surface area contributed by atoms with Gasteiger partial charge < -0.3 is 14.4 Å². The van der Waals surface area contributed by atoms with E-state index in [-0.39, 0.29) is 23.6 Å². The number of carbonyl (C=O) groups is 2. The summed E-state index contributed by atoms with van der Waals surface area (Å²) in [6.45, 7) is 4.08. The van der Waals surface area contributed by atoms with E-state index in [4.69, 9.17) is 4.74 Å². The maximum absolute atomic E-state index is 11.3. The molecule has 1 N–H and O–H groups in total. The van der Waals surface area contributed by atoms with Crippen LogP contribution in [0.25, 0.3) is 0 Å². The first-order valence-corrected chi connectivity index (χ1v) is 6.08. The molecule has 1 aromatic rings. The first-order chi connectivity index (χ1) is 8.50. The molecule has 2 rings (SSSR count). The minimum Gasteiger partial charge on any atom is -0.477 e. The Labute approximate surface area is 105 Å². The minimum absolute atomic E-state index is 0.0234. The maximum Gasteiger partial charge on any atom is 0.352 e. The van der Waals surface area contributed by atoms with Crippen LogP contribution in [0.4, 0.5) is 0 Å². The number of carboxylic acid groups (broad SMARTS) is 1. The Balaban J connectivity index is 2.35. The first-order valence-electron chi connectivity index (χ1n) is 6.08. The van der Waals surface area contributed by atoms with Crippen LogP contribution in [0.3, 0.4) is 0 Å². The summed E-state index contributed by atoms with van der Waals surface area (Å²) in [6.07, 6.45) is 3.56. The fraction of sp³-hybridized carbons (Fsp3) is 0.538. The number of rotatable bonds is 4. The number of hydrogen-bond acceptors (Lipinski definition) is 3. The molecule has 0 aliphatic carbocycles. The highest BCUT2D eigenvalue weighted by Crippen LogP contribution is 2.26. The van der Waals surface area contributed by atoms with E-state index in [1.165, 1.54) is 13.0 Å². The second-order valence-corrected chi connectivity index (χ2v) is 4.67. The molecule has 1 fully saturated rings. The van der Waals surface area contributed by atoms with Crippen LogP contribution in [0.2, 0.25) is 0 Å². The van der Waals surface area contributed by atoms with Crippen molar-refractivity contribution >= 4 is 11.8 Å². The fourth-order valence-corrected chi connectivity index (χ4v) is 2.34. The number of ketones is 1. The van der Waals surface area contributed by atoms with E-state index in [2.05, 4.69) is 0 Å². The molecule has 0 amide bonds. The van der Waals surface area contributed by atoms with Crippen LogP contribution in [0.1, 0.15) is 53.6 Å². The standard InChI is InChI=1S/C13H17NO4/c1-8(12-4-3-5-18-12)14-7-10(9(2)15)6-11(14)13(16)17/h6-8,12H,3-5H2,1-2H3,(H,16,17). The van der Waals surface area contributed by atoms with Crippen LogP contribution in [0.15, 0.2) is 12.3 Å². The fourth-order valence-electron chi connectivity index (χ4n) is 2.34. The molecule has 1 aliphatic rings. The first kappa shape index (κ1) is 12.8. The Hall–Kier alpha value is -1.62. The van der Waals surface area contributed by atoms with Gasteiger partial charge in [0.2, 0.25) is 0 Å². The molecule has 1 saturated heterocycles. The number of carbonyl (C=O) groups excluding carboxylic acids is 1. The van der Waals surface area contributed by atoms with Gasteiger partial charge in [0.25, 0.3) is 0 Å². The summed E-state index contributed by atoms with van der Waals surface area (Å²) < 4.78 is 7.21. The molecule has 18 heavy (non-hydrogen) atoms. The number of nitrogens with zero attached hydrogens (tertiary/aromatic N) is 1. The molecule has 5 heteroatoms. The molecule has 5 nitrogen and oxygen atoms in total. The summed E-state index contributed by atoms with van der Waals surface area (Å²) in [5.41, 5.74) is 0.570. The van der Waals surface area contributed by atoms with Crippen molar-refractivity contribution in [1.29, 1.82) is 0 Å². The highest BCUT2D eigenvalue weighted by Gasteiger charge is 2.27. The van der Waals surface area contributed by atoms with Crippen LogP contribution in [-0.2, 0) is 4.74 Å². The quantitative estimate of drug-likeness (QED) is 0.832. The van der Waals surface area contributed by atoms with E-state index >= 15 is 0 Å². The van der Waals surface area contributed by atoms with Crippen molar-refractivity contribution in [2.45, 2.75) is 38.8 Å². The molecule has 98 valence electrons. The van der Waals surface area contributed by atoms with Gasteiger partial charge in [-0.15, -0.1) is 0 Å². The molecule has 2 unspecified atom stereocenters. The second kappa shape index (κ2) is 4.94. The summed E-state index contributed by atoms with van der Waals surface area (Å²) in [6, 6.07) is 1.35. The van der Waals surface area contributed by atoms with Crippen LogP contribution in [-0.4, -0.2) is 34.1 Å². The van der Waals surface area contributed by atoms with Crippen molar-refractivity contribution in [1.82, 2.24) is 4.57 Å². The van der Waals surface area contributed by atoms with E-state index in [0.29, 0.717) is 5.56 Å². The SMILES string of the molecule is CC(=O)c1cc(C(=O)O)n(C(C)C2CCCO2)c1. The van der Waals surface area contributed by atoms with Gasteiger partial charge in [0.15, 0.2) is 5.78 Å². The lowest BCUT2D eigenvalue weighted by Gasteiger charge is -2.21. The van der Waals surface area contributed by atoms with Crippen LogP contribution < -0.4 is 0 Å². The molecular weight excluding hydrogens is 234 g/mol. The Bertz CT molecular complexity index is 471. The van der Waals surface area contributed by atoms with Gasteiger partial charge in [-0.25, -0.2) is 4.79 Å². The number of aromatic carboxylic acids is 1. The number of aromatic nitrogens is 1. The average molecular weight is 251 g/mol. The molecule has 0 bridgehead atoms. The predicted octanol–water partition coefficient (Wildman–Crippen LogP) is 2.13. The van der Waals surface area contributed by atoms with Crippen molar-refractivity contribution in [3.8, 4) is 0 Å². The Morgan fingerprint density at radius 3 is 2.78 bits per heavy atom. The molecule has 2 atom stereocenters. The van der Waals surface area contributed by atoms with Gasteiger partial charge in [-0.05, 0) is 32.8 Å². The predicted molar refractivity (Wildman–Crippen MR) is 65.1 cm³/mol. The van der Waals surface area contributed by atoms with Gasteiger partial charge in [0, 0.05) is 18.4 Å². The van der Waals surface area contributed by atoms with Gasteiger partial charge in [-0.2, -0.15) is 0 Å². The molecule has 0 saturated carbocycles. The summed E-state index contributed by atoms with van der Waals surface area (Å²) in [5, 5.41) is 9.18. The number of carboxylic acids is 1. The molecule has 1 aliphatic heterocycles. The van der Waals surface area contributed by atoms with E-state index in [9.17, 15) is 14.7 Å². The van der Waals surface area contributed by atoms with Crippen molar-refractivity contribution in [3.05, 3.63) is 23.5 Å². The zero-order chi connectivity index (χ0) is 13.3. The summed E-state index contributed by atoms with van der Waals surface area (Å²) in [5.74, 6) is -1.15. The van der Waals surface area contributed by atoms with Crippen molar-refractivity contribution in [3.63, 3.8) is 0 Å². The third-order valence-corrected chi connectivity index (χ3v) is 3.42. The van der Waals surface area contributed by atoms with Gasteiger partial charge in [0.1, 0.15) is 5.69 Å². The minimum atomic E-state index is -1.02. The van der Waals surface area contributed by atoms with Crippen molar-refractivity contribution in [2.75, 3.05) is 6.61 Å². The molecule has 0 aromatic carbocycles. The molecular formula is C13H17NO4. The highest BCUT2D eigenvalue weighted by molar-refractivity contribution is 5.97. The summed E-state index contributed by atoms with van der Waals surface area (Å²) in [4.78, 5) is 22.5. The lowest BCUT2D eigenvalue weighted by molar-refractivity contribution is 0.0621. The largest absolute Gasteiger partial charge is 0.477 e. The topological polar surface area (TPSA) is 68.5 Å². The molecule has 2 heterocycles. The van der Waals surface area contributed by atoms with Crippen molar-refractivity contribution in [2.24, 2.45) is 0 Å². The van der Waals surface area contributed by atoms with Crippen LogP contribution in [0.5, 0.6) is 0 Å². The van der Waals surface area contributed by atoms with Crippen LogP contribution in [0, 0.1) is 0 Å². The van der Waals surface area contributed by atoms with Crippen LogP contribution >= 0.6 is 0 Å². The molecule has 1 aromatic heterocycles. The number of Topliss-reactive ketones (excluding diaryl/α,β-unsaturated/α-hetero) is 1. The summed E-state index contributed by atoms with van der Waals surface area (Å²) in [7, 11) is 0. The molecule has 0 spiro atoms. The second-order valence-electron chi connectivity index (χ2n) is 4.67. The zero-order valence-electron chi connectivity index (χ0n) is 10.5. The van der Waals surface area contributed by atoms with Crippen molar-refractivity contribution < 1.29 is 19.4 Å². The van der Waals surface area contributed by atoms with E-state index in [1.807, 2.05) is 6.92 Å². The Morgan fingerprint density at radius 1 is 1.56 bits per heavy atom. The number of hydrogen-bond donors (Lipinski definition) is 1. The monoisotopic (exact) mass is 251 g/mol. The third kappa shape index (κ3) is 2.31. The van der Waals surface area contributed by atoms with Gasteiger partial charge in [-0.1, -0.05) is 0 Å². The summed E-state index contributed by atoms with van der Waals surface area (Å²) >= 11 is 0. The maximum atomic E-state index is 11.3. The normalized spacial score (nSPS) is 20.9. The van der Waals surface area contributed by atoms with E-state index < -0.39 is 5.97 Å². The lowest BCUT2D eigenvalue weighted by atomic mass is 10.1.